The zero-order chi connectivity index (χ0) is 23.0. The first-order valence-electron chi connectivity index (χ1n) is 9.41. The van der Waals surface area contributed by atoms with Crippen molar-refractivity contribution in [1.29, 1.82) is 0 Å². The van der Waals surface area contributed by atoms with Crippen LogP contribution in [0.25, 0.3) is 0 Å². The molecular formula is C20H16ClF4N5O2. The van der Waals surface area contributed by atoms with Crippen molar-refractivity contribution >= 4 is 17.3 Å². The number of alkyl halides is 3. The lowest BCUT2D eigenvalue weighted by atomic mass is 9.93. The molecule has 2 aromatic heterocycles. The summed E-state index contributed by atoms with van der Waals surface area (Å²) < 4.78 is 59.7. The van der Waals surface area contributed by atoms with E-state index in [9.17, 15) is 22.4 Å². The smallest absolute Gasteiger partial charge is 0.370 e. The summed E-state index contributed by atoms with van der Waals surface area (Å²) in [5.74, 6) is -1.00. The van der Waals surface area contributed by atoms with Crippen molar-refractivity contribution in [2.75, 3.05) is 18.6 Å². The Morgan fingerprint density at radius 3 is 2.78 bits per heavy atom. The van der Waals surface area contributed by atoms with Gasteiger partial charge in [-0.1, -0.05) is 17.7 Å². The predicted octanol–water partition coefficient (Wildman–Crippen LogP) is 3.67. The molecule has 4 rings (SSSR count). The first-order valence-corrected chi connectivity index (χ1v) is 9.78. The number of nitrogens with one attached hydrogen (secondary N) is 1. The summed E-state index contributed by atoms with van der Waals surface area (Å²) in [4.78, 5) is 22.0. The summed E-state index contributed by atoms with van der Waals surface area (Å²) >= 11 is 6.10. The topological polar surface area (TPSA) is 84.0 Å². The number of hydrogen-bond acceptors (Lipinski definition) is 6. The third-order valence-corrected chi connectivity index (χ3v) is 5.61. The highest BCUT2D eigenvalue weighted by Gasteiger charge is 2.37. The highest BCUT2D eigenvalue weighted by atomic mass is 35.5. The lowest BCUT2D eigenvalue weighted by molar-refractivity contribution is -0.139. The van der Waals surface area contributed by atoms with Gasteiger partial charge in [-0.15, -0.1) is 0 Å². The van der Waals surface area contributed by atoms with Crippen molar-refractivity contribution in [1.82, 2.24) is 20.2 Å². The minimum absolute atomic E-state index is 0.0198. The van der Waals surface area contributed by atoms with E-state index in [1.54, 1.807) is 4.90 Å². The second-order valence-corrected chi connectivity index (χ2v) is 7.48. The Morgan fingerprint density at radius 2 is 2.06 bits per heavy atom. The van der Waals surface area contributed by atoms with E-state index in [4.69, 9.17) is 16.3 Å². The lowest BCUT2D eigenvalue weighted by Gasteiger charge is -2.32. The number of hydrogen-bond donors (Lipinski definition) is 1. The maximum absolute atomic E-state index is 13.6. The molecule has 1 unspecified atom stereocenters. The lowest BCUT2D eigenvalue weighted by Crippen LogP contribution is -2.34. The molecule has 3 heterocycles. The Bertz CT molecular complexity index is 1220. The van der Waals surface area contributed by atoms with Gasteiger partial charge < -0.3 is 9.64 Å². The molecule has 0 saturated heterocycles. The van der Waals surface area contributed by atoms with E-state index in [0.717, 1.165) is 12.1 Å². The summed E-state index contributed by atoms with van der Waals surface area (Å²) in [5.41, 5.74) is -0.0417. The fourth-order valence-electron chi connectivity index (χ4n) is 3.79. The van der Waals surface area contributed by atoms with E-state index >= 15 is 0 Å². The molecule has 1 aromatic carbocycles. The molecule has 7 nitrogen and oxygen atoms in total. The van der Waals surface area contributed by atoms with Gasteiger partial charge in [0, 0.05) is 19.2 Å². The molecule has 0 aliphatic carbocycles. The number of anilines is 1. The van der Waals surface area contributed by atoms with Gasteiger partial charge in [0.1, 0.15) is 23.3 Å². The van der Waals surface area contributed by atoms with Crippen LogP contribution in [0.4, 0.5) is 23.2 Å². The van der Waals surface area contributed by atoms with Gasteiger partial charge in [-0.3, -0.25) is 4.79 Å². The van der Waals surface area contributed by atoms with E-state index in [2.05, 4.69) is 20.2 Å². The zero-order valence-corrected chi connectivity index (χ0v) is 17.3. The maximum Gasteiger partial charge on any atom is 0.416 e. The van der Waals surface area contributed by atoms with Crippen LogP contribution in [0.5, 0.6) is 0 Å². The Labute approximate surface area is 184 Å². The molecule has 0 bridgehead atoms. The number of halogens is 5. The van der Waals surface area contributed by atoms with E-state index in [1.807, 2.05) is 0 Å². The van der Waals surface area contributed by atoms with Gasteiger partial charge in [0.05, 0.1) is 35.4 Å². The SMILES string of the molecule is COC(c1ccc(F)cc1C(F)(F)F)c1ncnc2c1CCN(c1cn[nH]c(=O)c1Cl)C2. The van der Waals surface area contributed by atoms with Crippen molar-refractivity contribution in [2.45, 2.75) is 25.2 Å². The molecule has 32 heavy (non-hydrogen) atoms. The summed E-state index contributed by atoms with van der Waals surface area (Å²) in [6.07, 6.45) is -2.94. The largest absolute Gasteiger partial charge is 0.416 e. The number of fused-ring (bicyclic) bond motifs is 1. The van der Waals surface area contributed by atoms with Gasteiger partial charge in [0.25, 0.3) is 5.56 Å². The minimum atomic E-state index is -4.78. The van der Waals surface area contributed by atoms with Crippen molar-refractivity contribution in [3.05, 3.63) is 80.0 Å². The highest BCUT2D eigenvalue weighted by Crippen LogP contribution is 2.39. The van der Waals surface area contributed by atoms with Crippen LogP contribution in [0.1, 0.15) is 34.2 Å². The molecule has 0 fully saturated rings. The maximum atomic E-state index is 13.6. The first kappa shape index (κ1) is 22.2. The molecule has 12 heteroatoms. The van der Waals surface area contributed by atoms with Crippen LogP contribution in [0.3, 0.4) is 0 Å². The minimum Gasteiger partial charge on any atom is -0.370 e. The van der Waals surface area contributed by atoms with Crippen LogP contribution in [-0.2, 0) is 23.9 Å². The van der Waals surface area contributed by atoms with Gasteiger partial charge in [-0.05, 0) is 24.1 Å². The fourth-order valence-corrected chi connectivity index (χ4v) is 4.00. The van der Waals surface area contributed by atoms with Crippen LogP contribution in [0, 0.1) is 5.82 Å². The summed E-state index contributed by atoms with van der Waals surface area (Å²) in [6.45, 7) is 0.631. The van der Waals surface area contributed by atoms with Crippen LogP contribution >= 0.6 is 11.6 Å². The number of nitrogens with zero attached hydrogens (tertiary/aromatic N) is 4. The van der Waals surface area contributed by atoms with Crippen molar-refractivity contribution in [3.8, 4) is 0 Å². The standard InChI is InChI=1S/C20H16ClF4N5O2/c1-32-18(11-3-2-10(22)6-13(11)20(23,24)25)17-12-4-5-30(8-14(12)26-9-27-17)15-7-28-29-19(31)16(15)21/h2-3,6-7,9,18H,4-5,8H2,1H3,(H,29,31). The molecule has 0 radical (unpaired) electrons. The van der Waals surface area contributed by atoms with E-state index in [0.29, 0.717) is 36.0 Å². The molecule has 1 atom stereocenters. The summed E-state index contributed by atoms with van der Waals surface area (Å²) in [6, 6.07) is 2.45. The quantitative estimate of drug-likeness (QED) is 0.587. The molecular weight excluding hydrogens is 454 g/mol. The van der Waals surface area contributed by atoms with E-state index in [-0.39, 0.29) is 22.8 Å². The Morgan fingerprint density at radius 1 is 1.28 bits per heavy atom. The van der Waals surface area contributed by atoms with Crippen molar-refractivity contribution in [2.24, 2.45) is 0 Å². The molecule has 0 spiro atoms. The molecule has 1 aliphatic rings. The molecule has 1 aliphatic heterocycles. The Balaban J connectivity index is 1.75. The molecule has 3 aromatic rings. The van der Waals surface area contributed by atoms with Crippen LogP contribution in [0.2, 0.25) is 5.02 Å². The zero-order valence-electron chi connectivity index (χ0n) is 16.6. The Hall–Kier alpha value is -3.05. The number of benzene rings is 1. The van der Waals surface area contributed by atoms with Gasteiger partial charge in [-0.25, -0.2) is 19.5 Å². The second kappa shape index (κ2) is 8.47. The van der Waals surface area contributed by atoms with Gasteiger partial charge in [-0.2, -0.15) is 18.3 Å². The number of ether oxygens (including phenoxy) is 1. The number of aromatic amines is 1. The average molecular weight is 470 g/mol. The average Bonchev–Trinajstić information content (AvgIpc) is 2.76. The second-order valence-electron chi connectivity index (χ2n) is 7.10. The van der Waals surface area contributed by atoms with Crippen molar-refractivity contribution < 1.29 is 22.3 Å². The van der Waals surface area contributed by atoms with Crippen LogP contribution in [-0.4, -0.2) is 33.8 Å². The van der Waals surface area contributed by atoms with Crippen LogP contribution in [0.15, 0.2) is 35.5 Å². The molecule has 168 valence electrons. The van der Waals surface area contributed by atoms with Gasteiger partial charge in [0.15, 0.2) is 0 Å². The monoisotopic (exact) mass is 469 g/mol. The number of H-pyrrole nitrogens is 1. The van der Waals surface area contributed by atoms with Crippen molar-refractivity contribution in [3.63, 3.8) is 0 Å². The third kappa shape index (κ3) is 4.05. The number of aromatic nitrogens is 4. The van der Waals surface area contributed by atoms with Gasteiger partial charge in [0.2, 0.25) is 0 Å². The summed E-state index contributed by atoms with van der Waals surface area (Å²) in [7, 11) is 1.26. The fraction of sp³-hybridized carbons (Fsp3) is 0.300. The molecule has 1 N–H and O–H groups in total. The van der Waals surface area contributed by atoms with E-state index in [1.165, 1.54) is 19.6 Å². The van der Waals surface area contributed by atoms with Crippen LogP contribution < -0.4 is 10.5 Å². The summed E-state index contributed by atoms with van der Waals surface area (Å²) in [5, 5.41) is 5.99. The molecule has 0 amide bonds. The first-order chi connectivity index (χ1) is 15.2. The number of rotatable bonds is 4. The van der Waals surface area contributed by atoms with E-state index < -0.39 is 29.2 Å². The van der Waals surface area contributed by atoms with Gasteiger partial charge >= 0.3 is 6.18 Å². The normalized spacial score (nSPS) is 14.9. The predicted molar refractivity (Wildman–Crippen MR) is 107 cm³/mol. The Kier molecular flexibility index (Phi) is 5.87. The number of methoxy groups -OCH3 is 1. The molecule has 0 saturated carbocycles. The third-order valence-electron chi connectivity index (χ3n) is 5.25. The highest BCUT2D eigenvalue weighted by molar-refractivity contribution is 6.33.